The number of halogens is 7. The largest absolute Gasteiger partial charge is 0.0622 e. The van der Waals surface area contributed by atoms with Crippen LogP contribution in [0.2, 0.25) is 0 Å². The minimum Gasteiger partial charge on any atom is -0.0622 e. The number of benzene rings is 15. The van der Waals surface area contributed by atoms with Crippen LogP contribution in [0.4, 0.5) is 0 Å². The maximum atomic E-state index is 3.61. The molecule has 89 heavy (non-hydrogen) atoms. The Kier molecular flexibility index (Phi) is 26.1. The van der Waals surface area contributed by atoms with Gasteiger partial charge >= 0.3 is 0 Å². The molecule has 0 N–H and O–H groups in total. The first-order valence-electron chi connectivity index (χ1n) is 28.6. The van der Waals surface area contributed by atoms with Gasteiger partial charge in [-0.2, -0.15) is 0 Å². The van der Waals surface area contributed by atoms with E-state index in [0.717, 1.165) is 31.3 Å². The van der Waals surface area contributed by atoms with Gasteiger partial charge in [0.05, 0.1) is 0 Å². The summed E-state index contributed by atoms with van der Waals surface area (Å²) in [6, 6.07) is 123. The molecule has 0 saturated heterocycles. The van der Waals surface area contributed by atoms with E-state index in [0.29, 0.717) is 0 Å². The molecule has 0 heterocycles. The summed E-state index contributed by atoms with van der Waals surface area (Å²) in [7, 11) is 0. The van der Waals surface area contributed by atoms with Crippen molar-refractivity contribution in [1.82, 2.24) is 0 Å². The first-order chi connectivity index (χ1) is 43.5. The molecule has 15 aromatic rings. The molecule has 15 rings (SSSR count). The number of fused-ring (bicyclic) bond motifs is 5. The lowest BCUT2D eigenvalue weighted by Crippen LogP contribution is -1.82. The molecule has 0 nitrogen and oxygen atoms in total. The first kappa shape index (κ1) is 66.1. The van der Waals surface area contributed by atoms with Gasteiger partial charge in [0.25, 0.3) is 0 Å². The second-order valence-corrected chi connectivity index (χ2v) is 26.5. The normalized spacial score (nSPS) is 10.2. The minimum absolute atomic E-state index is 1.10. The first-order valence-corrected chi connectivity index (χ1v) is 34.2. The van der Waals surface area contributed by atoms with Gasteiger partial charge in [0, 0.05) is 31.3 Å². The molecule has 0 saturated carbocycles. The minimum atomic E-state index is 1.10. The van der Waals surface area contributed by atoms with Crippen LogP contribution >= 0.6 is 112 Å². The molecule has 0 aliphatic heterocycles. The van der Waals surface area contributed by atoms with Gasteiger partial charge in [0.2, 0.25) is 0 Å². The monoisotopic (exact) mass is 1600 g/mol. The highest BCUT2D eigenvalue weighted by Crippen LogP contribution is 2.32. The fourth-order valence-corrected chi connectivity index (χ4v) is 12.2. The van der Waals surface area contributed by atoms with E-state index in [4.69, 9.17) is 0 Å². The molecule has 0 fully saturated rings. The Morgan fingerprint density at radius 3 is 0.966 bits per heavy atom. The zero-order chi connectivity index (χ0) is 62.0. The van der Waals surface area contributed by atoms with Crippen LogP contribution in [-0.2, 0) is 0 Å². The summed E-state index contributed by atoms with van der Waals surface area (Å²) in [6.45, 7) is 0. The summed E-state index contributed by atoms with van der Waals surface area (Å²) in [5.41, 5.74) is 9.95. The van der Waals surface area contributed by atoms with Crippen LogP contribution in [0, 0.1) is 0 Å². The summed E-state index contributed by atoms with van der Waals surface area (Å²) in [4.78, 5) is 0. The van der Waals surface area contributed by atoms with E-state index in [1.807, 2.05) is 78.9 Å². The molecule has 0 unspecified atom stereocenters. The van der Waals surface area contributed by atoms with Crippen molar-refractivity contribution >= 4 is 155 Å². The highest BCUT2D eigenvalue weighted by atomic mass is 79.9. The van der Waals surface area contributed by atoms with E-state index >= 15 is 0 Å². The average molecular weight is 1600 g/mol. The van der Waals surface area contributed by atoms with Gasteiger partial charge in [-0.05, 0) is 173 Å². The van der Waals surface area contributed by atoms with Gasteiger partial charge in [-0.3, -0.25) is 0 Å². The Hall–Kier alpha value is -7.30. The zero-order valence-corrected chi connectivity index (χ0v) is 59.3. The zero-order valence-electron chi connectivity index (χ0n) is 48.2. The Morgan fingerprint density at radius 2 is 0.449 bits per heavy atom. The lowest BCUT2D eigenvalue weighted by Gasteiger charge is -2.07. The van der Waals surface area contributed by atoms with Crippen LogP contribution in [0.3, 0.4) is 0 Å². The second-order valence-electron chi connectivity index (χ2n) is 20.1. The average Bonchev–Trinajstić information content (AvgIpc) is 2.04. The summed E-state index contributed by atoms with van der Waals surface area (Å²) in [5, 5.41) is 10.3. The van der Waals surface area contributed by atoms with Crippen molar-refractivity contribution in [3.8, 4) is 44.5 Å². The Bertz CT molecular complexity index is 4530. The molecule has 0 aromatic heterocycles. The maximum absolute atomic E-state index is 3.61. The molecule has 0 aliphatic carbocycles. The van der Waals surface area contributed by atoms with Crippen LogP contribution in [0.5, 0.6) is 0 Å². The molecule has 7 heteroatoms. The highest BCUT2D eigenvalue weighted by molar-refractivity contribution is 9.11. The molecule has 0 amide bonds. The molecule has 15 aromatic carbocycles. The molecule has 0 aliphatic rings. The topological polar surface area (TPSA) is 0 Å². The predicted octanol–water partition coefficient (Wildman–Crippen LogP) is 28.4. The van der Waals surface area contributed by atoms with Crippen molar-refractivity contribution in [3.05, 3.63) is 389 Å². The quantitative estimate of drug-likeness (QED) is 0.154. The van der Waals surface area contributed by atoms with E-state index in [1.54, 1.807) is 0 Å². The Balaban J connectivity index is 0.000000125. The lowest BCUT2D eigenvalue weighted by molar-refractivity contribution is 1.56. The fraction of sp³-hybridized carbons (Fsp3) is 0. The van der Waals surface area contributed by atoms with Gasteiger partial charge in [-0.25, -0.2) is 0 Å². The van der Waals surface area contributed by atoms with E-state index in [9.17, 15) is 0 Å². The van der Waals surface area contributed by atoms with Crippen LogP contribution in [0.25, 0.3) is 87.6 Å². The van der Waals surface area contributed by atoms with Crippen LogP contribution in [-0.4, -0.2) is 0 Å². The standard InChI is InChI=1S/C18H13Br.C14H9Br.2C12H9Br.2C10H7Br.C6H5Br/c19-18-12-16(14-7-3-1-4-8-14)11-17(13-18)15-9-5-2-6-10-15;15-12-8-7-11-6-5-10-3-1-2-4-13(10)14(11)9-12;13-12-8-4-7-11(9-12)10-5-2-1-3-6-10;13-12-8-6-11(7-9-12)10-4-2-1-3-5-10;11-10-7-3-5-8-4-1-2-6-9(8)10;11-10-6-5-8-3-1-2-4-9(8)7-10;7-6-4-2-1-3-5-6/h1-13H;1-9H;2*1-9H;2*1-7H;1-5H. The van der Waals surface area contributed by atoms with Crippen molar-refractivity contribution < 1.29 is 0 Å². The molecule has 0 spiro atoms. The Labute approximate surface area is 582 Å². The van der Waals surface area contributed by atoms with E-state index < -0.39 is 0 Å². The molecule has 436 valence electrons. The maximum Gasteiger partial charge on any atom is 0.0253 e. The molecular formula is C82H59Br7. The van der Waals surface area contributed by atoms with E-state index in [-0.39, 0.29) is 0 Å². The third kappa shape index (κ3) is 20.9. The van der Waals surface area contributed by atoms with Crippen LogP contribution in [0.1, 0.15) is 0 Å². The molecular weight excluding hydrogens is 1540 g/mol. The predicted molar refractivity (Wildman–Crippen MR) is 411 cm³/mol. The van der Waals surface area contributed by atoms with Crippen molar-refractivity contribution in [2.45, 2.75) is 0 Å². The van der Waals surface area contributed by atoms with Crippen molar-refractivity contribution in [1.29, 1.82) is 0 Å². The third-order valence-electron chi connectivity index (χ3n) is 13.9. The van der Waals surface area contributed by atoms with Crippen LogP contribution < -0.4 is 0 Å². The fourth-order valence-electron chi connectivity index (χ4n) is 9.49. The van der Waals surface area contributed by atoms with Crippen LogP contribution in [0.15, 0.2) is 389 Å². The summed E-state index contributed by atoms with van der Waals surface area (Å²) < 4.78 is 7.90. The lowest BCUT2D eigenvalue weighted by atomic mass is 9.99. The third-order valence-corrected chi connectivity index (χ3v) is 17.6. The van der Waals surface area contributed by atoms with Gasteiger partial charge in [-0.1, -0.05) is 384 Å². The molecule has 0 bridgehead atoms. The Morgan fingerprint density at radius 1 is 0.135 bits per heavy atom. The van der Waals surface area contributed by atoms with Gasteiger partial charge in [0.1, 0.15) is 0 Å². The smallest absolute Gasteiger partial charge is 0.0253 e. The van der Waals surface area contributed by atoms with Crippen molar-refractivity contribution in [3.63, 3.8) is 0 Å². The van der Waals surface area contributed by atoms with Gasteiger partial charge in [-0.15, -0.1) is 0 Å². The van der Waals surface area contributed by atoms with E-state index in [1.165, 1.54) is 87.6 Å². The number of hydrogen-bond donors (Lipinski definition) is 0. The van der Waals surface area contributed by atoms with Crippen molar-refractivity contribution in [2.24, 2.45) is 0 Å². The van der Waals surface area contributed by atoms with Gasteiger partial charge in [0.15, 0.2) is 0 Å². The highest BCUT2D eigenvalue weighted by Gasteiger charge is 2.05. The van der Waals surface area contributed by atoms with Crippen molar-refractivity contribution in [2.75, 3.05) is 0 Å². The van der Waals surface area contributed by atoms with E-state index in [2.05, 4.69) is 391 Å². The second kappa shape index (κ2) is 35.2. The molecule has 0 atom stereocenters. The summed E-state index contributed by atoms with van der Waals surface area (Å²) in [6.07, 6.45) is 0. The molecule has 0 radical (unpaired) electrons. The number of hydrogen-bond acceptors (Lipinski definition) is 0. The summed E-state index contributed by atoms with van der Waals surface area (Å²) >= 11 is 24.2. The summed E-state index contributed by atoms with van der Waals surface area (Å²) in [5.74, 6) is 0. The van der Waals surface area contributed by atoms with Gasteiger partial charge < -0.3 is 0 Å². The number of rotatable bonds is 4. The SMILES string of the molecule is Brc1cc(-c2ccccc2)cc(-c2ccccc2)c1.Brc1ccc(-c2ccccc2)cc1.Brc1ccc2ccc3ccccc3c2c1.Brc1ccc2ccccc2c1.Brc1cccc(-c2ccccc2)c1.Brc1cccc2ccccc12.Brc1ccccc1.